The van der Waals surface area contributed by atoms with Crippen molar-refractivity contribution >= 4 is 11.8 Å². The van der Waals surface area contributed by atoms with Crippen molar-refractivity contribution in [3.05, 3.63) is 0 Å². The third-order valence-corrected chi connectivity index (χ3v) is 1.99. The molecule has 1 rings (SSSR count). The van der Waals surface area contributed by atoms with Crippen LogP contribution in [0.5, 0.6) is 0 Å². The highest BCUT2D eigenvalue weighted by atomic mass is 16.7. The molecule has 0 radical (unpaired) electrons. The first-order valence-corrected chi connectivity index (χ1v) is 4.62. The van der Waals surface area contributed by atoms with Crippen LogP contribution in [0.1, 0.15) is 19.8 Å². The van der Waals surface area contributed by atoms with Crippen LogP contribution in [0.25, 0.3) is 0 Å². The van der Waals surface area contributed by atoms with E-state index in [4.69, 9.17) is 5.73 Å². The number of rotatable bonds is 4. The number of hydrogen-bond donors (Lipinski definition) is 3. The second-order valence-corrected chi connectivity index (χ2v) is 3.23. The van der Waals surface area contributed by atoms with Crippen molar-refractivity contribution in [1.29, 1.82) is 0 Å². The van der Waals surface area contributed by atoms with Crippen molar-refractivity contribution in [3.8, 4) is 0 Å². The molecule has 0 aromatic heterocycles. The summed E-state index contributed by atoms with van der Waals surface area (Å²) in [4.78, 5) is 27.0. The Labute approximate surface area is 82.1 Å². The Hall–Kier alpha value is -1.14. The quantitative estimate of drug-likeness (QED) is 0.525. The topological polar surface area (TPSA) is 93.5 Å². The lowest BCUT2D eigenvalue weighted by Gasteiger charge is -2.13. The number of hydroxylamine groups is 1. The van der Waals surface area contributed by atoms with E-state index in [-0.39, 0.29) is 18.4 Å². The minimum absolute atomic E-state index is 0.156. The van der Waals surface area contributed by atoms with Gasteiger partial charge >= 0.3 is 0 Å². The Kier molecular flexibility index (Phi) is 3.84. The lowest BCUT2D eigenvalue weighted by atomic mass is 10.1. The Bertz CT molecular complexity index is 232. The summed E-state index contributed by atoms with van der Waals surface area (Å²) in [6.45, 7) is 2.10. The molecule has 1 saturated heterocycles. The Morgan fingerprint density at radius 1 is 1.86 bits per heavy atom. The van der Waals surface area contributed by atoms with Gasteiger partial charge in [0.25, 0.3) is 5.91 Å². The van der Waals surface area contributed by atoms with Gasteiger partial charge in [0.1, 0.15) is 12.6 Å². The van der Waals surface area contributed by atoms with Gasteiger partial charge in [-0.2, -0.15) is 0 Å². The fourth-order valence-corrected chi connectivity index (χ4v) is 1.17. The van der Waals surface area contributed by atoms with Crippen LogP contribution in [-0.2, 0) is 14.4 Å². The van der Waals surface area contributed by atoms with Crippen molar-refractivity contribution < 1.29 is 14.4 Å². The first-order valence-electron chi connectivity index (χ1n) is 4.62. The molecule has 0 unspecified atom stereocenters. The van der Waals surface area contributed by atoms with Crippen molar-refractivity contribution in [1.82, 2.24) is 10.8 Å². The van der Waals surface area contributed by atoms with Crippen molar-refractivity contribution in [2.75, 3.05) is 6.61 Å². The maximum atomic E-state index is 11.4. The van der Waals surface area contributed by atoms with Crippen LogP contribution in [0.4, 0.5) is 0 Å². The molecule has 4 N–H and O–H groups in total. The molecule has 0 bridgehead atoms. The fraction of sp³-hybridized carbons (Fsp3) is 0.750. The van der Waals surface area contributed by atoms with E-state index in [1.165, 1.54) is 0 Å². The molecule has 14 heavy (non-hydrogen) atoms. The standard InChI is InChI=1S/C8H15N3O3/c1-2-3-5(9)7(12)10-6-4-14-11-8(6)13/h5-6H,2-4,9H2,1H3,(H,10,12)(H,11,13)/t5-,6-/m1/s1. The van der Waals surface area contributed by atoms with Gasteiger partial charge in [0.05, 0.1) is 6.04 Å². The highest BCUT2D eigenvalue weighted by Gasteiger charge is 2.28. The molecule has 80 valence electrons. The fourth-order valence-electron chi connectivity index (χ4n) is 1.17. The summed E-state index contributed by atoms with van der Waals surface area (Å²) >= 11 is 0. The van der Waals surface area contributed by atoms with Gasteiger partial charge in [-0.15, -0.1) is 0 Å². The number of carbonyl (C=O) groups is 2. The maximum Gasteiger partial charge on any atom is 0.268 e. The highest BCUT2D eigenvalue weighted by Crippen LogP contribution is 1.97. The van der Waals surface area contributed by atoms with E-state index in [1.807, 2.05) is 6.92 Å². The number of nitrogens with one attached hydrogen (secondary N) is 2. The van der Waals surface area contributed by atoms with Crippen LogP contribution in [-0.4, -0.2) is 30.5 Å². The smallest absolute Gasteiger partial charge is 0.268 e. The van der Waals surface area contributed by atoms with E-state index in [0.29, 0.717) is 6.42 Å². The number of nitrogens with two attached hydrogens (primary N) is 1. The molecule has 0 spiro atoms. The second-order valence-electron chi connectivity index (χ2n) is 3.23. The molecule has 6 heteroatoms. The highest BCUT2D eigenvalue weighted by molar-refractivity contribution is 5.90. The van der Waals surface area contributed by atoms with E-state index in [1.54, 1.807) is 0 Å². The predicted octanol–water partition coefficient (Wildman–Crippen LogP) is -1.34. The minimum Gasteiger partial charge on any atom is -0.341 e. The SMILES string of the molecule is CCC[C@@H](N)C(=O)N[C@@H]1CONC1=O. The largest absolute Gasteiger partial charge is 0.341 e. The van der Waals surface area contributed by atoms with Gasteiger partial charge in [0, 0.05) is 0 Å². The number of carbonyl (C=O) groups excluding carboxylic acids is 2. The molecule has 0 aromatic rings. The van der Waals surface area contributed by atoms with Crippen LogP contribution >= 0.6 is 0 Å². The summed E-state index contributed by atoms with van der Waals surface area (Å²) in [5, 5.41) is 2.51. The second kappa shape index (κ2) is 4.92. The summed E-state index contributed by atoms with van der Waals surface area (Å²) in [7, 11) is 0. The summed E-state index contributed by atoms with van der Waals surface area (Å²) in [6.07, 6.45) is 1.45. The molecule has 0 aromatic carbocycles. The molecule has 1 aliphatic rings. The first-order chi connectivity index (χ1) is 6.65. The first kappa shape index (κ1) is 10.9. The third-order valence-electron chi connectivity index (χ3n) is 1.99. The van der Waals surface area contributed by atoms with E-state index in [9.17, 15) is 9.59 Å². The molecule has 1 fully saturated rings. The van der Waals surface area contributed by atoms with Crippen molar-refractivity contribution in [3.63, 3.8) is 0 Å². The normalized spacial score (nSPS) is 23.0. The summed E-state index contributed by atoms with van der Waals surface area (Å²) in [6, 6.07) is -1.15. The van der Waals surface area contributed by atoms with E-state index in [2.05, 4.69) is 15.6 Å². The zero-order chi connectivity index (χ0) is 10.6. The zero-order valence-electron chi connectivity index (χ0n) is 8.08. The van der Waals surface area contributed by atoms with Crippen LogP contribution < -0.4 is 16.5 Å². The van der Waals surface area contributed by atoms with Gasteiger partial charge < -0.3 is 11.1 Å². The predicted molar refractivity (Wildman–Crippen MR) is 48.9 cm³/mol. The van der Waals surface area contributed by atoms with E-state index in [0.717, 1.165) is 6.42 Å². The summed E-state index contributed by atoms with van der Waals surface area (Å²) in [5.74, 6) is -0.639. The molecular weight excluding hydrogens is 186 g/mol. The van der Waals surface area contributed by atoms with Crippen molar-refractivity contribution in [2.24, 2.45) is 5.73 Å². The summed E-state index contributed by atoms with van der Waals surface area (Å²) < 4.78 is 0. The lowest BCUT2D eigenvalue weighted by molar-refractivity contribution is -0.129. The monoisotopic (exact) mass is 201 g/mol. The molecule has 1 aliphatic heterocycles. The molecule has 2 atom stereocenters. The van der Waals surface area contributed by atoms with Crippen LogP contribution in [0.3, 0.4) is 0 Å². The molecular formula is C8H15N3O3. The number of amides is 2. The van der Waals surface area contributed by atoms with Crippen LogP contribution in [0, 0.1) is 0 Å². The van der Waals surface area contributed by atoms with Gasteiger partial charge in [0.15, 0.2) is 0 Å². The average molecular weight is 201 g/mol. The van der Waals surface area contributed by atoms with Gasteiger partial charge in [-0.3, -0.25) is 14.4 Å². The van der Waals surface area contributed by atoms with Gasteiger partial charge in [0.2, 0.25) is 5.91 Å². The van der Waals surface area contributed by atoms with E-state index < -0.39 is 12.1 Å². The third kappa shape index (κ3) is 2.68. The Balaban J connectivity index is 2.36. The van der Waals surface area contributed by atoms with E-state index >= 15 is 0 Å². The minimum atomic E-state index is -0.606. The van der Waals surface area contributed by atoms with Gasteiger partial charge in [-0.25, -0.2) is 5.48 Å². The van der Waals surface area contributed by atoms with Crippen LogP contribution in [0.15, 0.2) is 0 Å². The average Bonchev–Trinajstić information content (AvgIpc) is 2.52. The molecule has 6 nitrogen and oxygen atoms in total. The lowest BCUT2D eigenvalue weighted by Crippen LogP contribution is -2.48. The number of hydrogen-bond acceptors (Lipinski definition) is 4. The molecule has 1 heterocycles. The Morgan fingerprint density at radius 2 is 2.57 bits per heavy atom. The Morgan fingerprint density at radius 3 is 3.07 bits per heavy atom. The van der Waals surface area contributed by atoms with Crippen molar-refractivity contribution in [2.45, 2.75) is 31.8 Å². The van der Waals surface area contributed by atoms with Gasteiger partial charge in [-0.05, 0) is 6.42 Å². The summed E-state index contributed by atoms with van der Waals surface area (Å²) in [5.41, 5.74) is 7.72. The molecule has 2 amide bonds. The molecule has 0 saturated carbocycles. The maximum absolute atomic E-state index is 11.4. The zero-order valence-corrected chi connectivity index (χ0v) is 8.08. The van der Waals surface area contributed by atoms with Crippen LogP contribution in [0.2, 0.25) is 0 Å². The molecule has 0 aliphatic carbocycles. The van der Waals surface area contributed by atoms with Gasteiger partial charge in [-0.1, -0.05) is 13.3 Å².